The van der Waals surface area contributed by atoms with Crippen molar-refractivity contribution in [1.82, 2.24) is 9.80 Å². The van der Waals surface area contributed by atoms with Gasteiger partial charge in [-0.15, -0.1) is 0 Å². The van der Waals surface area contributed by atoms with Crippen LogP contribution in [0.25, 0.3) is 5.76 Å². The third-order valence-electron chi connectivity index (χ3n) is 9.62. The molecule has 4 aliphatic rings. The van der Waals surface area contributed by atoms with Crippen molar-refractivity contribution in [2.75, 3.05) is 39.0 Å². The van der Waals surface area contributed by atoms with Crippen LogP contribution >= 0.6 is 0 Å². The van der Waals surface area contributed by atoms with Crippen LogP contribution in [0.3, 0.4) is 0 Å². The Hall–Kier alpha value is -3.45. The van der Waals surface area contributed by atoms with Crippen molar-refractivity contribution >= 4 is 28.9 Å². The molecule has 0 aromatic heterocycles. The summed E-state index contributed by atoms with van der Waals surface area (Å²) in [4.78, 5) is 43.3. The second-order valence-electron chi connectivity index (χ2n) is 12.2. The number of likely N-dealkylation sites (N-methyl/N-ethyl adjacent to an activating group) is 1. The van der Waals surface area contributed by atoms with Crippen molar-refractivity contribution in [1.29, 1.82) is 0 Å². The number of anilines is 1. The van der Waals surface area contributed by atoms with Crippen LogP contribution in [0.5, 0.6) is 5.75 Å². The summed E-state index contributed by atoms with van der Waals surface area (Å²) in [7, 11) is 2.95. The number of aliphatic hydroxyl groups excluding tert-OH is 3. The number of carbonyl (C=O) groups excluding carboxylic acids is 3. The Balaban J connectivity index is 1.60. The molecule has 3 aliphatic carbocycles. The number of carbonyl (C=O) groups is 3. The number of rotatable bonds is 6. The van der Waals surface area contributed by atoms with Gasteiger partial charge in [-0.1, -0.05) is 19.9 Å². The van der Waals surface area contributed by atoms with Gasteiger partial charge < -0.3 is 41.5 Å². The Kier molecular flexibility index (Phi) is 7.63. The molecule has 8 N–H and O–H groups in total. The Morgan fingerprint density at radius 2 is 1.81 bits per heavy atom. The number of fused-ring (bicyclic) bond motifs is 3. The van der Waals surface area contributed by atoms with Crippen LogP contribution in [-0.4, -0.2) is 110 Å². The van der Waals surface area contributed by atoms with Gasteiger partial charge in [0.15, 0.2) is 11.4 Å². The molecule has 12 heteroatoms. The van der Waals surface area contributed by atoms with Crippen LogP contribution in [0.4, 0.5) is 5.69 Å². The van der Waals surface area contributed by atoms with Crippen molar-refractivity contribution < 1.29 is 39.9 Å². The Labute approximate surface area is 244 Å². The molecule has 228 valence electrons. The van der Waals surface area contributed by atoms with Crippen LogP contribution in [0.2, 0.25) is 0 Å². The van der Waals surface area contributed by atoms with Crippen LogP contribution < -0.4 is 11.1 Å². The van der Waals surface area contributed by atoms with Crippen LogP contribution in [0.1, 0.15) is 50.2 Å². The molecule has 0 radical (unpaired) electrons. The summed E-state index contributed by atoms with van der Waals surface area (Å²) in [6, 6.07) is 2.13. The first kappa shape index (κ1) is 30.0. The van der Waals surface area contributed by atoms with Crippen molar-refractivity contribution in [3.63, 3.8) is 0 Å². The smallest absolute Gasteiger partial charge is 0.255 e. The van der Waals surface area contributed by atoms with Gasteiger partial charge >= 0.3 is 0 Å². The van der Waals surface area contributed by atoms with E-state index in [1.807, 2.05) is 0 Å². The summed E-state index contributed by atoms with van der Waals surface area (Å²) in [5.41, 5.74) is 1.93. The molecule has 1 aromatic carbocycles. The summed E-state index contributed by atoms with van der Waals surface area (Å²) in [6.45, 7) is 6.71. The normalized spacial score (nSPS) is 32.1. The number of phenols is 1. The molecule has 5 rings (SSSR count). The molecular formula is C30H40N4O8. The number of ketones is 2. The van der Waals surface area contributed by atoms with Gasteiger partial charge in [0, 0.05) is 30.6 Å². The van der Waals surface area contributed by atoms with Gasteiger partial charge in [0.2, 0.25) is 5.78 Å². The van der Waals surface area contributed by atoms with E-state index in [2.05, 4.69) is 17.1 Å². The number of primary amides is 1. The first-order valence-corrected chi connectivity index (χ1v) is 14.4. The Morgan fingerprint density at radius 3 is 2.38 bits per heavy atom. The van der Waals surface area contributed by atoms with Gasteiger partial charge in [-0.25, -0.2) is 0 Å². The second-order valence-corrected chi connectivity index (χ2v) is 12.2. The van der Waals surface area contributed by atoms with E-state index >= 15 is 0 Å². The van der Waals surface area contributed by atoms with E-state index in [9.17, 15) is 39.9 Å². The molecule has 1 amide bonds. The topological polar surface area (TPSA) is 197 Å². The number of hydrogen-bond donors (Lipinski definition) is 7. The molecule has 6 unspecified atom stereocenters. The van der Waals surface area contributed by atoms with Crippen LogP contribution in [0.15, 0.2) is 29.0 Å². The number of nitrogens with zero attached hydrogens (tertiary/aromatic N) is 2. The number of nitrogens with two attached hydrogens (primary N) is 1. The summed E-state index contributed by atoms with van der Waals surface area (Å²) >= 11 is 0. The number of Topliss-reactive ketones (excluding diaryl/α,β-unsaturated/α-hetero) is 2. The lowest BCUT2D eigenvalue weighted by Crippen LogP contribution is -2.70. The molecule has 42 heavy (non-hydrogen) atoms. The third kappa shape index (κ3) is 4.23. The highest BCUT2D eigenvalue weighted by Gasteiger charge is 2.68. The Morgan fingerprint density at radius 1 is 1.17 bits per heavy atom. The average molecular weight is 585 g/mol. The first-order valence-electron chi connectivity index (χ1n) is 14.4. The van der Waals surface area contributed by atoms with Gasteiger partial charge in [0.05, 0.1) is 29.3 Å². The quantitative estimate of drug-likeness (QED) is 0.184. The van der Waals surface area contributed by atoms with Gasteiger partial charge in [0.25, 0.3) is 5.91 Å². The molecule has 1 saturated carbocycles. The highest BCUT2D eigenvalue weighted by atomic mass is 16.4. The number of piperidine rings is 1. The first-order chi connectivity index (χ1) is 19.8. The zero-order chi connectivity index (χ0) is 30.8. The lowest BCUT2D eigenvalue weighted by Gasteiger charge is -2.53. The fourth-order valence-electron chi connectivity index (χ4n) is 7.57. The molecule has 1 heterocycles. The van der Waals surface area contributed by atoms with E-state index in [1.54, 1.807) is 19.1 Å². The fraction of sp³-hybridized carbons (Fsp3) is 0.567. The number of hydrogen-bond acceptors (Lipinski definition) is 11. The van der Waals surface area contributed by atoms with Gasteiger partial charge in [-0.2, -0.15) is 0 Å². The molecule has 1 saturated heterocycles. The van der Waals surface area contributed by atoms with Gasteiger partial charge in [-0.3, -0.25) is 19.3 Å². The molecule has 6 atom stereocenters. The monoisotopic (exact) mass is 584 g/mol. The summed E-state index contributed by atoms with van der Waals surface area (Å²) in [5, 5.41) is 60.8. The van der Waals surface area contributed by atoms with E-state index in [0.29, 0.717) is 11.3 Å². The van der Waals surface area contributed by atoms with Crippen LogP contribution in [-0.2, 0) is 14.4 Å². The van der Waals surface area contributed by atoms with E-state index in [4.69, 9.17) is 5.73 Å². The molecule has 0 spiro atoms. The number of benzene rings is 1. The number of amides is 1. The minimum Gasteiger partial charge on any atom is -0.508 e. The van der Waals surface area contributed by atoms with E-state index in [1.165, 1.54) is 19.0 Å². The van der Waals surface area contributed by atoms with Crippen molar-refractivity contribution in [2.24, 2.45) is 17.6 Å². The molecule has 2 fully saturated rings. The molecule has 12 nitrogen and oxygen atoms in total. The Bertz CT molecular complexity index is 1400. The summed E-state index contributed by atoms with van der Waals surface area (Å²) in [6.07, 6.45) is 1.18. The van der Waals surface area contributed by atoms with Crippen LogP contribution in [0, 0.1) is 11.8 Å². The van der Waals surface area contributed by atoms with Crippen molar-refractivity contribution in [2.45, 2.75) is 62.8 Å². The predicted molar refractivity (Wildman–Crippen MR) is 154 cm³/mol. The third-order valence-corrected chi connectivity index (χ3v) is 9.62. The zero-order valence-electron chi connectivity index (χ0n) is 24.3. The fourth-order valence-corrected chi connectivity index (χ4v) is 7.57. The van der Waals surface area contributed by atoms with E-state index in [-0.39, 0.29) is 17.4 Å². The van der Waals surface area contributed by atoms with E-state index in [0.717, 1.165) is 38.9 Å². The maximum Gasteiger partial charge on any atom is 0.255 e. The predicted octanol–water partition coefficient (Wildman–Crippen LogP) is 0.782. The van der Waals surface area contributed by atoms with Gasteiger partial charge in [0.1, 0.15) is 22.8 Å². The number of nitrogens with one attached hydrogen (secondary N) is 1. The molecule has 1 aromatic rings. The average Bonchev–Trinajstić information content (AvgIpc) is 2.92. The summed E-state index contributed by atoms with van der Waals surface area (Å²) in [5.74, 6) is -8.92. The second kappa shape index (κ2) is 10.7. The van der Waals surface area contributed by atoms with Crippen molar-refractivity contribution in [3.8, 4) is 5.75 Å². The zero-order valence-corrected chi connectivity index (χ0v) is 24.3. The maximum absolute atomic E-state index is 14.1. The summed E-state index contributed by atoms with van der Waals surface area (Å²) < 4.78 is 0. The van der Waals surface area contributed by atoms with E-state index < -0.39 is 75.6 Å². The largest absolute Gasteiger partial charge is 0.508 e. The number of phenolic OH excluding ortho intramolecular Hbond substituents is 1. The van der Waals surface area contributed by atoms with Crippen molar-refractivity contribution in [3.05, 3.63) is 40.2 Å². The number of aliphatic hydroxyl groups is 4. The molecule has 1 aliphatic heterocycles. The highest BCUT2D eigenvalue weighted by Crippen LogP contribution is 2.56. The van der Waals surface area contributed by atoms with Gasteiger partial charge in [-0.05, 0) is 57.5 Å². The standard InChI is InChI=1S/C30H40N4O8/c1-5-10-34-11-8-14(9-12-34)32-16-7-6-15-13(2)17-19(24(36)18(15)23(16)35)27(39)30(42)21(25(17)37)22(33(3)4)26(38)20(28(30)40)29(31)41/h6-7,13-14,17,21-22,25,32,35-37,40,42H,5,8-12H2,1-4H3,(H2,31,41). The lowest BCUT2D eigenvalue weighted by molar-refractivity contribution is -0.169. The minimum absolute atomic E-state index is 0.0144. The minimum atomic E-state index is -2.93. The maximum atomic E-state index is 14.1. The molecular weight excluding hydrogens is 544 g/mol. The number of aromatic hydroxyl groups is 1. The lowest BCUT2D eigenvalue weighted by atomic mass is 9.54. The highest BCUT2D eigenvalue weighted by molar-refractivity contribution is 6.24. The SMILES string of the molecule is CCCN1CCC(Nc2ccc3c(c2O)C(O)=C2C(=O)C4(O)C(O)=C(C(N)=O)C(=O)C(N(C)C)C4C(O)C2C3C)CC1. The molecule has 0 bridgehead atoms. The number of likely N-dealkylation sites (tertiary alicyclic amines) is 1.